The first-order valence-corrected chi connectivity index (χ1v) is 7.05. The van der Waals surface area contributed by atoms with Gasteiger partial charge in [0.2, 0.25) is 5.91 Å². The molecule has 0 aliphatic rings. The molecule has 2 heterocycles. The van der Waals surface area contributed by atoms with E-state index < -0.39 is 4.92 Å². The smallest absolute Gasteiger partial charge is 0.269 e. The maximum atomic E-state index is 11.9. The van der Waals surface area contributed by atoms with Crippen molar-refractivity contribution in [2.24, 2.45) is 0 Å². The molecule has 7 heteroatoms. The largest absolute Gasteiger partial charge is 0.350 e. The van der Waals surface area contributed by atoms with E-state index in [4.69, 9.17) is 0 Å². The van der Waals surface area contributed by atoms with E-state index in [2.05, 4.69) is 10.4 Å². The second kappa shape index (κ2) is 6.27. The average Bonchev–Trinajstić information content (AvgIpc) is 2.96. The van der Waals surface area contributed by atoms with E-state index in [-0.39, 0.29) is 18.0 Å². The zero-order valence-electron chi connectivity index (χ0n) is 12.2. The average molecular weight is 310 g/mol. The van der Waals surface area contributed by atoms with Gasteiger partial charge in [-0.15, -0.1) is 0 Å². The number of nitrogens with one attached hydrogen (secondary N) is 1. The van der Waals surface area contributed by atoms with E-state index in [1.807, 2.05) is 30.5 Å². The Morgan fingerprint density at radius 2 is 2.00 bits per heavy atom. The van der Waals surface area contributed by atoms with Crippen molar-refractivity contribution in [3.8, 4) is 0 Å². The second-order valence-corrected chi connectivity index (χ2v) is 5.08. The molecule has 1 N–H and O–H groups in total. The molecule has 0 atom stereocenters. The molecule has 0 saturated heterocycles. The maximum absolute atomic E-state index is 11.9. The first-order valence-electron chi connectivity index (χ1n) is 7.05. The molecule has 3 rings (SSSR count). The molecule has 0 radical (unpaired) electrons. The van der Waals surface area contributed by atoms with E-state index in [1.54, 1.807) is 16.6 Å². The number of aromatic nitrogens is 2. The van der Waals surface area contributed by atoms with E-state index in [1.165, 1.54) is 12.1 Å². The van der Waals surface area contributed by atoms with Gasteiger partial charge in [-0.25, -0.2) is 4.52 Å². The van der Waals surface area contributed by atoms with Crippen LogP contribution in [0.3, 0.4) is 0 Å². The summed E-state index contributed by atoms with van der Waals surface area (Å²) >= 11 is 0. The molecular formula is C16H14N4O3. The Labute approximate surface area is 131 Å². The molecule has 0 aliphatic heterocycles. The van der Waals surface area contributed by atoms with Gasteiger partial charge in [0.25, 0.3) is 5.69 Å². The van der Waals surface area contributed by atoms with Crippen LogP contribution in [-0.2, 0) is 17.8 Å². The van der Waals surface area contributed by atoms with Crippen molar-refractivity contribution in [2.75, 3.05) is 0 Å². The normalized spacial score (nSPS) is 10.6. The summed E-state index contributed by atoms with van der Waals surface area (Å²) < 4.78 is 1.75. The van der Waals surface area contributed by atoms with Crippen molar-refractivity contribution in [3.63, 3.8) is 0 Å². The summed E-state index contributed by atoms with van der Waals surface area (Å²) in [7, 11) is 0. The SMILES string of the molecule is O=C(Cc1ccc([N+](=O)[O-])cc1)NCc1cc2ccccn2n1. The Morgan fingerprint density at radius 3 is 2.70 bits per heavy atom. The number of fused-ring (bicyclic) bond motifs is 1. The number of benzene rings is 1. The van der Waals surface area contributed by atoms with Crippen LogP contribution in [0.25, 0.3) is 5.52 Å². The van der Waals surface area contributed by atoms with Crippen LogP contribution in [0, 0.1) is 10.1 Å². The van der Waals surface area contributed by atoms with Crippen molar-refractivity contribution in [2.45, 2.75) is 13.0 Å². The van der Waals surface area contributed by atoms with Crippen molar-refractivity contribution in [3.05, 3.63) is 76.1 Å². The summed E-state index contributed by atoms with van der Waals surface area (Å²) in [6.45, 7) is 0.341. The highest BCUT2D eigenvalue weighted by atomic mass is 16.6. The van der Waals surface area contributed by atoms with E-state index in [0.717, 1.165) is 16.8 Å². The maximum Gasteiger partial charge on any atom is 0.269 e. The molecule has 0 aliphatic carbocycles. The fourth-order valence-corrected chi connectivity index (χ4v) is 2.25. The summed E-state index contributed by atoms with van der Waals surface area (Å²) in [5.41, 5.74) is 2.47. The van der Waals surface area contributed by atoms with Crippen LogP contribution < -0.4 is 5.32 Å². The third-order valence-electron chi connectivity index (χ3n) is 3.40. The van der Waals surface area contributed by atoms with Crippen LogP contribution in [0.4, 0.5) is 5.69 Å². The van der Waals surface area contributed by atoms with Crippen molar-refractivity contribution >= 4 is 17.1 Å². The monoisotopic (exact) mass is 310 g/mol. The van der Waals surface area contributed by atoms with Gasteiger partial charge in [0, 0.05) is 18.3 Å². The highest BCUT2D eigenvalue weighted by molar-refractivity contribution is 5.78. The lowest BCUT2D eigenvalue weighted by molar-refractivity contribution is -0.384. The summed E-state index contributed by atoms with van der Waals surface area (Å²) in [6, 6.07) is 13.6. The molecule has 0 fully saturated rings. The predicted molar refractivity (Wildman–Crippen MR) is 83.8 cm³/mol. The summed E-state index contributed by atoms with van der Waals surface area (Å²) in [5.74, 6) is -0.157. The van der Waals surface area contributed by atoms with Crippen LogP contribution in [0.5, 0.6) is 0 Å². The lowest BCUT2D eigenvalue weighted by atomic mass is 10.1. The number of non-ortho nitro benzene ring substituents is 1. The number of hydrogen-bond donors (Lipinski definition) is 1. The van der Waals surface area contributed by atoms with E-state index in [9.17, 15) is 14.9 Å². The molecule has 0 unspecified atom stereocenters. The van der Waals surface area contributed by atoms with Gasteiger partial charge in [0.05, 0.1) is 29.1 Å². The Balaban J connectivity index is 1.57. The third-order valence-corrected chi connectivity index (χ3v) is 3.40. The van der Waals surface area contributed by atoms with Gasteiger partial charge < -0.3 is 5.32 Å². The summed E-state index contributed by atoms with van der Waals surface area (Å²) in [6.07, 6.45) is 2.02. The Morgan fingerprint density at radius 1 is 1.22 bits per heavy atom. The number of nitrogens with zero attached hydrogens (tertiary/aromatic N) is 3. The molecular weight excluding hydrogens is 296 g/mol. The quantitative estimate of drug-likeness (QED) is 0.577. The minimum atomic E-state index is -0.465. The number of hydrogen-bond acceptors (Lipinski definition) is 4. The Bertz CT molecular complexity index is 822. The van der Waals surface area contributed by atoms with Gasteiger partial charge >= 0.3 is 0 Å². The zero-order chi connectivity index (χ0) is 16.2. The first-order chi connectivity index (χ1) is 11.1. The minimum Gasteiger partial charge on any atom is -0.350 e. The molecule has 116 valence electrons. The minimum absolute atomic E-state index is 0.0128. The van der Waals surface area contributed by atoms with Gasteiger partial charge in [0.1, 0.15) is 0 Å². The zero-order valence-corrected chi connectivity index (χ0v) is 12.2. The molecule has 2 aromatic heterocycles. The standard InChI is InChI=1S/C16H14N4O3/c21-16(9-12-4-6-14(7-5-12)20(22)23)17-11-13-10-15-3-1-2-8-19(15)18-13/h1-8,10H,9,11H2,(H,17,21). The lowest BCUT2D eigenvalue weighted by Gasteiger charge is -2.03. The molecule has 0 saturated carbocycles. The number of pyridine rings is 1. The van der Waals surface area contributed by atoms with Gasteiger partial charge in [-0.1, -0.05) is 18.2 Å². The molecule has 1 amide bonds. The van der Waals surface area contributed by atoms with Crippen molar-refractivity contribution in [1.29, 1.82) is 0 Å². The van der Waals surface area contributed by atoms with Crippen molar-refractivity contribution < 1.29 is 9.72 Å². The molecule has 1 aromatic carbocycles. The van der Waals surface area contributed by atoms with Gasteiger partial charge in [-0.2, -0.15) is 5.10 Å². The Kier molecular flexibility index (Phi) is 4.01. The molecule has 0 spiro atoms. The number of nitro benzene ring substituents is 1. The fraction of sp³-hybridized carbons (Fsp3) is 0.125. The topological polar surface area (TPSA) is 89.5 Å². The second-order valence-electron chi connectivity index (χ2n) is 5.08. The molecule has 23 heavy (non-hydrogen) atoms. The van der Waals surface area contributed by atoms with E-state index in [0.29, 0.717) is 6.54 Å². The first kappa shape index (κ1) is 14.7. The highest BCUT2D eigenvalue weighted by Crippen LogP contribution is 2.12. The summed E-state index contributed by atoms with van der Waals surface area (Å²) in [4.78, 5) is 22.1. The number of carbonyl (C=O) groups excluding carboxylic acids is 1. The Hall–Kier alpha value is -3.22. The molecule has 7 nitrogen and oxygen atoms in total. The number of amides is 1. The van der Waals surface area contributed by atoms with Crippen molar-refractivity contribution in [1.82, 2.24) is 14.9 Å². The number of rotatable bonds is 5. The van der Waals surface area contributed by atoms with Gasteiger partial charge in [0.15, 0.2) is 0 Å². The number of carbonyl (C=O) groups is 1. The number of nitro groups is 1. The third kappa shape index (κ3) is 3.52. The van der Waals surface area contributed by atoms with Crippen LogP contribution in [0.1, 0.15) is 11.3 Å². The van der Waals surface area contributed by atoms with Gasteiger partial charge in [-0.05, 0) is 23.8 Å². The van der Waals surface area contributed by atoms with Gasteiger partial charge in [-0.3, -0.25) is 14.9 Å². The van der Waals surface area contributed by atoms with Crippen LogP contribution >= 0.6 is 0 Å². The highest BCUT2D eigenvalue weighted by Gasteiger charge is 2.08. The van der Waals surface area contributed by atoms with E-state index >= 15 is 0 Å². The van der Waals surface area contributed by atoms with Crippen LogP contribution in [0.15, 0.2) is 54.7 Å². The van der Waals surface area contributed by atoms with Crippen LogP contribution in [0.2, 0.25) is 0 Å². The predicted octanol–water partition coefficient (Wildman–Crippen LogP) is 2.10. The van der Waals surface area contributed by atoms with Crippen LogP contribution in [-0.4, -0.2) is 20.4 Å². The molecule has 3 aromatic rings. The lowest BCUT2D eigenvalue weighted by Crippen LogP contribution is -2.24. The summed E-state index contributed by atoms with van der Waals surface area (Å²) in [5, 5.41) is 17.7. The fourth-order valence-electron chi connectivity index (χ4n) is 2.25. The molecule has 0 bridgehead atoms.